The fourth-order valence-corrected chi connectivity index (χ4v) is 2.75. The second kappa shape index (κ2) is 8.88. The van der Waals surface area contributed by atoms with Crippen LogP contribution in [0.1, 0.15) is 24.0 Å². The Morgan fingerprint density at radius 1 is 1.10 bits per heavy atom. The van der Waals surface area contributed by atoms with Gasteiger partial charge in [0.05, 0.1) is 17.1 Å². The predicted molar refractivity (Wildman–Crippen MR) is 109 cm³/mol. The van der Waals surface area contributed by atoms with Crippen molar-refractivity contribution >= 4 is 17.8 Å². The maximum Gasteiger partial charge on any atom is 0.269 e. The zero-order valence-electron chi connectivity index (χ0n) is 15.6. The molecule has 3 aromatic carbocycles. The summed E-state index contributed by atoms with van der Waals surface area (Å²) in [5, 5.41) is 14.5. The summed E-state index contributed by atoms with van der Waals surface area (Å²) in [6.45, 7) is 1.66. The second-order valence-corrected chi connectivity index (χ2v) is 6.41. The van der Waals surface area contributed by atoms with E-state index < -0.39 is 22.6 Å². The molecule has 0 aliphatic rings. The number of hydrazone groups is 1. The number of carbonyl (C=O) groups is 1. The van der Waals surface area contributed by atoms with Crippen molar-refractivity contribution in [1.29, 1.82) is 0 Å². The molecule has 3 rings (SSSR count). The molecule has 146 valence electrons. The van der Waals surface area contributed by atoms with E-state index in [1.165, 1.54) is 36.5 Å². The zero-order valence-corrected chi connectivity index (χ0v) is 15.6. The van der Waals surface area contributed by atoms with Crippen LogP contribution in [0.3, 0.4) is 0 Å². The fourth-order valence-electron chi connectivity index (χ4n) is 2.75. The highest BCUT2D eigenvalue weighted by Gasteiger charge is 2.17. The average molecular weight is 391 g/mol. The highest BCUT2D eigenvalue weighted by atomic mass is 19.1. The monoisotopic (exact) mass is 391 g/mol. The Balaban J connectivity index is 1.65. The van der Waals surface area contributed by atoms with Gasteiger partial charge in [0.2, 0.25) is 5.91 Å². The van der Waals surface area contributed by atoms with Gasteiger partial charge >= 0.3 is 0 Å². The lowest BCUT2D eigenvalue weighted by atomic mass is 9.96. The van der Waals surface area contributed by atoms with E-state index in [9.17, 15) is 19.3 Å². The Labute approximate surface area is 166 Å². The molecule has 0 aliphatic carbocycles. The van der Waals surface area contributed by atoms with E-state index >= 15 is 0 Å². The van der Waals surface area contributed by atoms with E-state index in [2.05, 4.69) is 10.5 Å². The predicted octanol–water partition coefficient (Wildman–Crippen LogP) is 4.65. The summed E-state index contributed by atoms with van der Waals surface area (Å²) < 4.78 is 14.5. The van der Waals surface area contributed by atoms with Crippen LogP contribution in [0.5, 0.6) is 0 Å². The molecule has 0 radical (unpaired) electrons. The minimum absolute atomic E-state index is 0.0271. The average Bonchev–Trinajstić information content (AvgIpc) is 2.74. The van der Waals surface area contributed by atoms with Gasteiger partial charge in [0.25, 0.3) is 5.69 Å². The summed E-state index contributed by atoms with van der Waals surface area (Å²) in [4.78, 5) is 22.5. The topological polar surface area (TPSA) is 84.6 Å². The van der Waals surface area contributed by atoms with Gasteiger partial charge in [-0.3, -0.25) is 14.9 Å². The maximum atomic E-state index is 14.5. The van der Waals surface area contributed by atoms with E-state index in [4.69, 9.17) is 0 Å². The molecule has 1 unspecified atom stereocenters. The molecule has 0 heterocycles. The maximum absolute atomic E-state index is 14.5. The summed E-state index contributed by atoms with van der Waals surface area (Å²) in [7, 11) is 0. The van der Waals surface area contributed by atoms with Crippen molar-refractivity contribution in [1.82, 2.24) is 5.43 Å². The van der Waals surface area contributed by atoms with Gasteiger partial charge in [-0.2, -0.15) is 5.10 Å². The van der Waals surface area contributed by atoms with Crippen molar-refractivity contribution in [3.63, 3.8) is 0 Å². The van der Waals surface area contributed by atoms with Gasteiger partial charge in [0.15, 0.2) is 0 Å². The Morgan fingerprint density at radius 2 is 1.79 bits per heavy atom. The van der Waals surface area contributed by atoms with Gasteiger partial charge < -0.3 is 0 Å². The van der Waals surface area contributed by atoms with Gasteiger partial charge in [0, 0.05) is 17.7 Å². The van der Waals surface area contributed by atoms with Gasteiger partial charge in [0.1, 0.15) is 5.82 Å². The Bertz CT molecular complexity index is 1050. The smallest absolute Gasteiger partial charge is 0.269 e. The van der Waals surface area contributed by atoms with E-state index in [0.717, 1.165) is 5.56 Å². The Kier molecular flexibility index (Phi) is 6.09. The number of benzene rings is 3. The van der Waals surface area contributed by atoms with Gasteiger partial charge in [-0.05, 0) is 41.8 Å². The minimum atomic E-state index is -0.608. The van der Waals surface area contributed by atoms with E-state index in [0.29, 0.717) is 16.7 Å². The van der Waals surface area contributed by atoms with Crippen LogP contribution in [-0.4, -0.2) is 17.0 Å². The number of non-ortho nitro benzene ring substituents is 1. The number of carbonyl (C=O) groups excluding carboxylic acids is 1. The highest BCUT2D eigenvalue weighted by Crippen LogP contribution is 2.26. The molecule has 29 heavy (non-hydrogen) atoms. The first-order chi connectivity index (χ1) is 14.0. The second-order valence-electron chi connectivity index (χ2n) is 6.41. The van der Waals surface area contributed by atoms with Crippen LogP contribution < -0.4 is 5.43 Å². The molecule has 0 saturated heterocycles. The molecular formula is C22H18FN3O3. The molecule has 1 amide bonds. The van der Waals surface area contributed by atoms with Crippen LogP contribution in [0.2, 0.25) is 0 Å². The molecule has 0 aliphatic heterocycles. The summed E-state index contributed by atoms with van der Waals surface area (Å²) in [5.41, 5.74) is 4.75. The quantitative estimate of drug-likeness (QED) is 0.377. The van der Waals surface area contributed by atoms with Gasteiger partial charge in [-0.1, -0.05) is 42.5 Å². The lowest BCUT2D eigenvalue weighted by molar-refractivity contribution is -0.384. The third-order valence-corrected chi connectivity index (χ3v) is 4.46. The zero-order chi connectivity index (χ0) is 20.8. The summed E-state index contributed by atoms with van der Waals surface area (Å²) in [6.07, 6.45) is 1.38. The first kappa shape index (κ1) is 19.9. The number of halogens is 1. The molecule has 0 saturated carbocycles. The molecule has 0 aromatic heterocycles. The number of nitro groups is 1. The Hall–Kier alpha value is -3.87. The van der Waals surface area contributed by atoms with Crippen LogP contribution >= 0.6 is 0 Å². The van der Waals surface area contributed by atoms with Crippen molar-refractivity contribution in [2.75, 3.05) is 0 Å². The van der Waals surface area contributed by atoms with Crippen LogP contribution in [-0.2, 0) is 4.79 Å². The molecule has 6 nitrogen and oxygen atoms in total. The summed E-state index contributed by atoms with van der Waals surface area (Å²) in [5.74, 6) is -1.40. The lowest BCUT2D eigenvalue weighted by Crippen LogP contribution is -2.23. The van der Waals surface area contributed by atoms with E-state index in [1.807, 2.05) is 30.3 Å². The number of amides is 1. The van der Waals surface area contributed by atoms with E-state index in [1.54, 1.807) is 19.1 Å². The number of hydrogen-bond acceptors (Lipinski definition) is 4. The lowest BCUT2D eigenvalue weighted by Gasteiger charge is -2.12. The third kappa shape index (κ3) is 4.90. The summed E-state index contributed by atoms with van der Waals surface area (Å²) in [6, 6.07) is 19.6. The molecule has 3 aromatic rings. The summed E-state index contributed by atoms with van der Waals surface area (Å²) >= 11 is 0. The molecule has 0 fully saturated rings. The van der Waals surface area contributed by atoms with Crippen molar-refractivity contribution in [2.45, 2.75) is 12.8 Å². The third-order valence-electron chi connectivity index (χ3n) is 4.46. The normalized spacial score (nSPS) is 11.9. The van der Waals surface area contributed by atoms with Gasteiger partial charge in [-0.15, -0.1) is 0 Å². The molecule has 1 atom stereocenters. The molecule has 0 spiro atoms. The Morgan fingerprint density at radius 3 is 2.41 bits per heavy atom. The largest absolute Gasteiger partial charge is 0.272 e. The van der Waals surface area contributed by atoms with Crippen molar-refractivity contribution in [2.24, 2.45) is 5.10 Å². The standard InChI is InChI=1S/C22H18FN3O3/c1-15(18-9-12-20(21(23)13-18)17-5-3-2-4-6-17)22(27)25-24-14-16-7-10-19(11-8-16)26(28)29/h2-15H,1H3,(H,25,27)/b24-14+. The fraction of sp³-hybridized carbons (Fsp3) is 0.0909. The van der Waals surface area contributed by atoms with E-state index in [-0.39, 0.29) is 5.69 Å². The van der Waals surface area contributed by atoms with Crippen molar-refractivity contribution in [3.05, 3.63) is 99.9 Å². The first-order valence-corrected chi connectivity index (χ1v) is 8.88. The first-order valence-electron chi connectivity index (χ1n) is 8.88. The van der Waals surface area contributed by atoms with Crippen molar-refractivity contribution < 1.29 is 14.1 Å². The highest BCUT2D eigenvalue weighted by molar-refractivity contribution is 5.86. The molecule has 0 bridgehead atoms. The number of rotatable bonds is 6. The molecular weight excluding hydrogens is 373 g/mol. The van der Waals surface area contributed by atoms with Crippen LogP contribution in [0.25, 0.3) is 11.1 Å². The van der Waals surface area contributed by atoms with Crippen LogP contribution in [0.4, 0.5) is 10.1 Å². The van der Waals surface area contributed by atoms with Crippen LogP contribution in [0.15, 0.2) is 77.9 Å². The van der Waals surface area contributed by atoms with Gasteiger partial charge in [-0.25, -0.2) is 9.82 Å². The van der Waals surface area contributed by atoms with Crippen LogP contribution in [0, 0.1) is 15.9 Å². The number of nitro benzene ring substituents is 1. The number of nitrogens with one attached hydrogen (secondary N) is 1. The minimum Gasteiger partial charge on any atom is -0.272 e. The van der Waals surface area contributed by atoms with Crippen molar-refractivity contribution in [3.8, 4) is 11.1 Å². The SMILES string of the molecule is CC(C(=O)N/N=C/c1ccc([N+](=O)[O-])cc1)c1ccc(-c2ccccc2)c(F)c1. The molecule has 1 N–H and O–H groups in total. The molecule has 7 heteroatoms. The number of hydrogen-bond donors (Lipinski definition) is 1. The number of nitrogens with zero attached hydrogens (tertiary/aromatic N) is 2.